The molecule has 0 fully saturated rings. The number of hydrogen-bond donors (Lipinski definition) is 0. The number of thioether (sulfide) groups is 1. The van der Waals surface area contributed by atoms with E-state index < -0.39 is 0 Å². The number of halogens is 1. The first kappa shape index (κ1) is 18.5. The van der Waals surface area contributed by atoms with E-state index in [1.54, 1.807) is 12.1 Å². The quantitative estimate of drug-likeness (QED) is 0.325. The molecule has 2 aromatic heterocycles. The van der Waals surface area contributed by atoms with Crippen molar-refractivity contribution in [2.45, 2.75) is 25.6 Å². The molecule has 0 aliphatic carbocycles. The molecule has 0 saturated heterocycles. The van der Waals surface area contributed by atoms with Crippen molar-refractivity contribution in [1.29, 1.82) is 0 Å². The van der Waals surface area contributed by atoms with Crippen molar-refractivity contribution in [2.75, 3.05) is 5.75 Å². The number of nitrogens with zero attached hydrogens (tertiary/aromatic N) is 3. The molecular formula is C19H18ClN3O2S. The van der Waals surface area contributed by atoms with Gasteiger partial charge in [0, 0.05) is 34.1 Å². The molecule has 0 spiro atoms. The number of Topliss-reactive ketones (excluding diaryl/α,β-unsaturated/α-hetero) is 1. The fourth-order valence-corrected chi connectivity index (χ4v) is 3.45. The minimum atomic E-state index is 0.0321. The molecule has 0 unspecified atom stereocenters. The Labute approximate surface area is 161 Å². The Morgan fingerprint density at radius 2 is 2.04 bits per heavy atom. The Bertz CT molecular complexity index is 944. The number of ketones is 1. The van der Waals surface area contributed by atoms with Gasteiger partial charge in [0.15, 0.2) is 5.78 Å². The summed E-state index contributed by atoms with van der Waals surface area (Å²) in [7, 11) is 0. The van der Waals surface area contributed by atoms with E-state index in [4.69, 9.17) is 16.0 Å². The normalized spacial score (nSPS) is 10.9. The number of allylic oxidation sites excluding steroid dienone is 1. The zero-order chi connectivity index (χ0) is 18.7. The molecule has 0 saturated carbocycles. The van der Waals surface area contributed by atoms with Crippen LogP contribution >= 0.6 is 23.4 Å². The molecule has 0 radical (unpaired) electrons. The van der Waals surface area contributed by atoms with Crippen LogP contribution in [0, 0.1) is 13.8 Å². The number of carbonyl (C=O) groups excluding carboxylic acids is 1. The molecule has 3 aromatic rings. The van der Waals surface area contributed by atoms with Crippen LogP contribution in [0.25, 0.3) is 11.5 Å². The van der Waals surface area contributed by atoms with Gasteiger partial charge in [-0.1, -0.05) is 29.4 Å². The minimum Gasteiger partial charge on any atom is -0.411 e. The molecule has 0 bridgehead atoms. The Hall–Kier alpha value is -2.31. The van der Waals surface area contributed by atoms with Gasteiger partial charge in [0.2, 0.25) is 5.89 Å². The third-order valence-corrected chi connectivity index (χ3v) is 5.08. The Balaban J connectivity index is 1.68. The summed E-state index contributed by atoms with van der Waals surface area (Å²) in [5.74, 6) is 0.672. The van der Waals surface area contributed by atoms with Gasteiger partial charge in [-0.05, 0) is 44.2 Å². The van der Waals surface area contributed by atoms with Gasteiger partial charge in [-0.2, -0.15) is 0 Å². The molecule has 0 atom stereocenters. The van der Waals surface area contributed by atoms with Crippen molar-refractivity contribution in [3.05, 3.63) is 65.0 Å². The SMILES string of the molecule is C=CCn1c(C)cc(C(=O)CSc2nnc(-c3ccc(Cl)cc3)o2)c1C. The van der Waals surface area contributed by atoms with Gasteiger partial charge in [-0.25, -0.2) is 0 Å². The molecule has 134 valence electrons. The van der Waals surface area contributed by atoms with E-state index in [1.807, 2.05) is 38.1 Å². The van der Waals surface area contributed by atoms with Crippen LogP contribution in [-0.2, 0) is 6.54 Å². The van der Waals surface area contributed by atoms with Crippen LogP contribution in [-0.4, -0.2) is 26.3 Å². The molecule has 0 amide bonds. The van der Waals surface area contributed by atoms with Crippen LogP contribution in [0.4, 0.5) is 0 Å². The summed E-state index contributed by atoms with van der Waals surface area (Å²) >= 11 is 7.11. The monoisotopic (exact) mass is 387 g/mol. The summed E-state index contributed by atoms with van der Waals surface area (Å²) in [6.07, 6.45) is 1.82. The lowest BCUT2D eigenvalue weighted by Gasteiger charge is -2.05. The molecule has 5 nitrogen and oxygen atoms in total. The van der Waals surface area contributed by atoms with E-state index in [-0.39, 0.29) is 11.5 Å². The van der Waals surface area contributed by atoms with Gasteiger partial charge >= 0.3 is 0 Å². The van der Waals surface area contributed by atoms with E-state index in [0.717, 1.165) is 17.0 Å². The van der Waals surface area contributed by atoms with Gasteiger partial charge in [0.25, 0.3) is 5.22 Å². The lowest BCUT2D eigenvalue weighted by atomic mass is 10.2. The predicted octanol–water partition coefficient (Wildman–Crippen LogP) is 4.97. The summed E-state index contributed by atoms with van der Waals surface area (Å²) in [6.45, 7) is 8.37. The van der Waals surface area contributed by atoms with E-state index in [2.05, 4.69) is 21.3 Å². The van der Waals surface area contributed by atoms with Crippen LogP contribution in [0.1, 0.15) is 21.7 Å². The topological polar surface area (TPSA) is 60.9 Å². The second-order valence-corrected chi connectivity index (χ2v) is 7.14. The maximum atomic E-state index is 12.6. The minimum absolute atomic E-state index is 0.0321. The summed E-state index contributed by atoms with van der Waals surface area (Å²) in [5.41, 5.74) is 3.49. The molecule has 2 heterocycles. The zero-order valence-electron chi connectivity index (χ0n) is 14.5. The predicted molar refractivity (Wildman–Crippen MR) is 104 cm³/mol. The number of aromatic nitrogens is 3. The van der Waals surface area contributed by atoms with E-state index in [9.17, 15) is 4.79 Å². The van der Waals surface area contributed by atoms with Crippen molar-refractivity contribution in [2.24, 2.45) is 0 Å². The fourth-order valence-electron chi connectivity index (χ4n) is 2.68. The molecule has 0 N–H and O–H groups in total. The number of aryl methyl sites for hydroxylation is 1. The summed E-state index contributed by atoms with van der Waals surface area (Å²) in [5, 5.41) is 9.02. The van der Waals surface area contributed by atoms with Crippen LogP contribution in [0.3, 0.4) is 0 Å². The Morgan fingerprint density at radius 1 is 1.31 bits per heavy atom. The maximum Gasteiger partial charge on any atom is 0.277 e. The molecular weight excluding hydrogens is 370 g/mol. The Morgan fingerprint density at radius 3 is 2.73 bits per heavy atom. The van der Waals surface area contributed by atoms with Crippen LogP contribution < -0.4 is 0 Å². The highest BCUT2D eigenvalue weighted by Gasteiger charge is 2.17. The molecule has 1 aromatic carbocycles. The standard InChI is InChI=1S/C19H18ClN3O2S/c1-4-9-23-12(2)10-16(13(23)3)17(24)11-26-19-22-21-18(25-19)14-5-7-15(20)8-6-14/h4-8,10H,1,9,11H2,2-3H3. The number of carbonyl (C=O) groups is 1. The fraction of sp³-hybridized carbons (Fsp3) is 0.211. The van der Waals surface area contributed by atoms with Crippen molar-refractivity contribution in [1.82, 2.24) is 14.8 Å². The molecule has 26 heavy (non-hydrogen) atoms. The second-order valence-electron chi connectivity index (χ2n) is 5.78. The smallest absolute Gasteiger partial charge is 0.277 e. The van der Waals surface area contributed by atoms with Crippen molar-refractivity contribution in [3.8, 4) is 11.5 Å². The van der Waals surface area contributed by atoms with Crippen LogP contribution in [0.5, 0.6) is 0 Å². The Kier molecular flexibility index (Phi) is 5.64. The van der Waals surface area contributed by atoms with Crippen LogP contribution in [0.2, 0.25) is 5.02 Å². The van der Waals surface area contributed by atoms with Gasteiger partial charge in [0.05, 0.1) is 5.75 Å². The van der Waals surface area contributed by atoms with Gasteiger partial charge in [-0.3, -0.25) is 4.79 Å². The highest BCUT2D eigenvalue weighted by Crippen LogP contribution is 2.25. The number of rotatable bonds is 7. The third kappa shape index (κ3) is 3.92. The average Bonchev–Trinajstić information content (AvgIpc) is 3.21. The van der Waals surface area contributed by atoms with Crippen molar-refractivity contribution in [3.63, 3.8) is 0 Å². The number of hydrogen-bond acceptors (Lipinski definition) is 5. The first-order valence-electron chi connectivity index (χ1n) is 8.02. The first-order valence-corrected chi connectivity index (χ1v) is 9.39. The van der Waals surface area contributed by atoms with Crippen LogP contribution in [0.15, 0.2) is 52.6 Å². The summed E-state index contributed by atoms with van der Waals surface area (Å²) in [4.78, 5) is 12.6. The van der Waals surface area contributed by atoms with Gasteiger partial charge < -0.3 is 8.98 Å². The average molecular weight is 388 g/mol. The molecule has 3 rings (SSSR count). The first-order chi connectivity index (χ1) is 12.5. The summed E-state index contributed by atoms with van der Waals surface area (Å²) < 4.78 is 7.69. The van der Waals surface area contributed by atoms with Crippen molar-refractivity contribution < 1.29 is 9.21 Å². The number of benzene rings is 1. The molecule has 0 aliphatic rings. The lowest BCUT2D eigenvalue weighted by Crippen LogP contribution is -2.06. The largest absolute Gasteiger partial charge is 0.411 e. The van der Waals surface area contributed by atoms with Crippen molar-refractivity contribution >= 4 is 29.1 Å². The third-order valence-electron chi connectivity index (χ3n) is 4.01. The maximum absolute atomic E-state index is 12.6. The highest BCUT2D eigenvalue weighted by atomic mass is 35.5. The zero-order valence-corrected chi connectivity index (χ0v) is 16.1. The second kappa shape index (κ2) is 7.93. The van der Waals surface area contributed by atoms with Gasteiger partial charge in [0.1, 0.15) is 0 Å². The molecule has 0 aliphatic heterocycles. The van der Waals surface area contributed by atoms with E-state index in [0.29, 0.717) is 28.2 Å². The van der Waals surface area contributed by atoms with Gasteiger partial charge in [-0.15, -0.1) is 16.8 Å². The highest BCUT2D eigenvalue weighted by molar-refractivity contribution is 7.99. The van der Waals surface area contributed by atoms with E-state index >= 15 is 0 Å². The molecule has 7 heteroatoms. The lowest BCUT2D eigenvalue weighted by molar-refractivity contribution is 0.102. The van der Waals surface area contributed by atoms with E-state index in [1.165, 1.54) is 11.8 Å². The summed E-state index contributed by atoms with van der Waals surface area (Å²) in [6, 6.07) is 9.05.